The van der Waals surface area contributed by atoms with E-state index in [2.05, 4.69) is 5.32 Å². The number of aliphatic carboxylic acids is 1. The van der Waals surface area contributed by atoms with Crippen molar-refractivity contribution in [3.63, 3.8) is 0 Å². The van der Waals surface area contributed by atoms with Crippen molar-refractivity contribution in [2.24, 2.45) is 11.5 Å². The third kappa shape index (κ3) is 5.80. The number of carboxylic acids is 1. The van der Waals surface area contributed by atoms with Gasteiger partial charge in [0.25, 0.3) is 0 Å². The van der Waals surface area contributed by atoms with Crippen LogP contribution in [0.3, 0.4) is 0 Å². The third-order valence-corrected chi connectivity index (χ3v) is 3.97. The van der Waals surface area contributed by atoms with Crippen LogP contribution in [0.2, 0.25) is 0 Å². The zero-order valence-corrected chi connectivity index (χ0v) is 14.2. The van der Waals surface area contributed by atoms with Crippen LogP contribution in [0.4, 0.5) is 0 Å². The first-order chi connectivity index (χ1) is 12.4. The van der Waals surface area contributed by atoms with Crippen LogP contribution in [0.25, 0.3) is 0 Å². The summed E-state index contributed by atoms with van der Waals surface area (Å²) < 4.78 is 10.2. The van der Waals surface area contributed by atoms with Gasteiger partial charge in [0.15, 0.2) is 0 Å². The molecular weight excluding hydrogens is 342 g/mol. The van der Waals surface area contributed by atoms with Crippen LogP contribution in [0, 0.1) is 0 Å². The molecule has 9 nitrogen and oxygen atoms in total. The monoisotopic (exact) mass is 365 g/mol. The van der Waals surface area contributed by atoms with Crippen LogP contribution in [0.1, 0.15) is 18.4 Å². The van der Waals surface area contributed by atoms with Crippen molar-refractivity contribution in [1.82, 2.24) is 5.32 Å². The van der Waals surface area contributed by atoms with Gasteiger partial charge in [-0.3, -0.25) is 9.59 Å². The first-order valence-corrected chi connectivity index (χ1v) is 8.31. The van der Waals surface area contributed by atoms with Gasteiger partial charge >= 0.3 is 17.9 Å². The zero-order chi connectivity index (χ0) is 19.1. The molecule has 1 heterocycles. The lowest BCUT2D eigenvalue weighted by atomic mass is 10.1. The Morgan fingerprint density at radius 2 is 1.88 bits per heavy atom. The van der Waals surface area contributed by atoms with Gasteiger partial charge in [-0.1, -0.05) is 12.1 Å². The van der Waals surface area contributed by atoms with Crippen LogP contribution < -0.4 is 21.5 Å². The number of nitrogens with two attached hydrogens (primary N) is 2. The molecule has 1 fully saturated rings. The zero-order valence-electron chi connectivity index (χ0n) is 14.2. The molecule has 1 aliphatic rings. The Balaban J connectivity index is 1.78. The Morgan fingerprint density at radius 1 is 1.19 bits per heavy atom. The van der Waals surface area contributed by atoms with Gasteiger partial charge in [0, 0.05) is 0 Å². The molecule has 0 saturated carbocycles. The molecule has 1 saturated heterocycles. The van der Waals surface area contributed by atoms with E-state index in [9.17, 15) is 14.4 Å². The van der Waals surface area contributed by atoms with Crippen molar-refractivity contribution in [2.75, 3.05) is 13.2 Å². The highest BCUT2D eigenvalue weighted by Crippen LogP contribution is 2.14. The van der Waals surface area contributed by atoms with Crippen molar-refractivity contribution in [3.8, 4) is 5.75 Å². The molecule has 9 heteroatoms. The van der Waals surface area contributed by atoms with E-state index in [1.54, 1.807) is 12.1 Å². The molecule has 0 aliphatic carbocycles. The van der Waals surface area contributed by atoms with Crippen molar-refractivity contribution < 1.29 is 29.0 Å². The summed E-state index contributed by atoms with van der Waals surface area (Å²) in [5, 5.41) is 11.8. The first kappa shape index (κ1) is 19.8. The maximum atomic E-state index is 11.9. The molecule has 142 valence electrons. The fourth-order valence-electron chi connectivity index (χ4n) is 2.45. The van der Waals surface area contributed by atoms with Crippen molar-refractivity contribution >= 4 is 17.9 Å². The number of nitrogens with one attached hydrogen (secondary N) is 1. The van der Waals surface area contributed by atoms with E-state index in [-0.39, 0.29) is 24.8 Å². The number of benzene rings is 1. The minimum atomic E-state index is -1.10. The van der Waals surface area contributed by atoms with Gasteiger partial charge in [0.2, 0.25) is 0 Å². The molecule has 6 N–H and O–H groups in total. The first-order valence-electron chi connectivity index (χ1n) is 8.31. The van der Waals surface area contributed by atoms with Crippen molar-refractivity contribution in [3.05, 3.63) is 29.8 Å². The lowest BCUT2D eigenvalue weighted by Crippen LogP contribution is -2.41. The second-order valence-corrected chi connectivity index (χ2v) is 6.10. The van der Waals surface area contributed by atoms with E-state index in [1.165, 1.54) is 12.1 Å². The van der Waals surface area contributed by atoms with Crippen molar-refractivity contribution in [2.45, 2.75) is 37.4 Å². The quantitative estimate of drug-likeness (QED) is 0.341. The second-order valence-electron chi connectivity index (χ2n) is 6.10. The average molecular weight is 365 g/mol. The smallest absolute Gasteiger partial charge is 0.331 e. The molecule has 0 amide bonds. The van der Waals surface area contributed by atoms with E-state index in [0.717, 1.165) is 13.0 Å². The van der Waals surface area contributed by atoms with Crippen molar-refractivity contribution in [1.29, 1.82) is 0 Å². The molecule has 3 atom stereocenters. The minimum absolute atomic E-state index is 0.161. The summed E-state index contributed by atoms with van der Waals surface area (Å²) in [6, 6.07) is 3.82. The number of rotatable bonds is 8. The average Bonchev–Trinajstić information content (AvgIpc) is 3.15. The Kier molecular flexibility index (Phi) is 7.07. The summed E-state index contributed by atoms with van der Waals surface area (Å²) in [6.45, 7) is 0.503. The normalized spacial score (nSPS) is 18.8. The predicted molar refractivity (Wildman–Crippen MR) is 91.4 cm³/mol. The largest absolute Gasteiger partial charge is 0.480 e. The molecule has 1 aromatic rings. The van der Waals surface area contributed by atoms with Crippen LogP contribution in [-0.2, 0) is 25.5 Å². The van der Waals surface area contributed by atoms with Gasteiger partial charge in [0.1, 0.15) is 30.5 Å². The molecule has 0 radical (unpaired) electrons. The number of carbonyl (C=O) groups excluding carboxylic acids is 2. The fourth-order valence-corrected chi connectivity index (χ4v) is 2.45. The van der Waals surface area contributed by atoms with Crippen LogP contribution in [0.15, 0.2) is 24.3 Å². The van der Waals surface area contributed by atoms with Gasteiger partial charge in [-0.25, -0.2) is 4.79 Å². The van der Waals surface area contributed by atoms with Crippen LogP contribution >= 0.6 is 0 Å². The Labute approximate surface area is 150 Å². The molecule has 0 unspecified atom stereocenters. The lowest BCUT2D eigenvalue weighted by Gasteiger charge is -2.14. The molecule has 1 aromatic carbocycles. The van der Waals surface area contributed by atoms with Crippen LogP contribution in [0.5, 0.6) is 5.75 Å². The number of carboxylic acid groups (broad SMARTS) is 1. The van der Waals surface area contributed by atoms with E-state index in [0.29, 0.717) is 12.0 Å². The molecular formula is C17H23N3O6. The van der Waals surface area contributed by atoms with E-state index >= 15 is 0 Å². The highest BCUT2D eigenvalue weighted by atomic mass is 16.6. The van der Waals surface area contributed by atoms with Gasteiger partial charge < -0.3 is 31.4 Å². The van der Waals surface area contributed by atoms with Crippen LogP contribution in [-0.4, -0.2) is 54.3 Å². The summed E-state index contributed by atoms with van der Waals surface area (Å²) in [5.41, 5.74) is 11.8. The minimum Gasteiger partial charge on any atom is -0.480 e. The molecule has 0 bridgehead atoms. The molecule has 2 rings (SSSR count). The summed E-state index contributed by atoms with van der Waals surface area (Å²) in [5.74, 6) is -1.99. The standard InChI is InChI=1S/C17H23N3O6/c18-12(15(21)22)8-10-3-5-11(6-4-10)26-16(23)13(19)9-25-17(24)14-2-1-7-20-14/h3-6,12-14,20H,1-2,7-9,18-19H2,(H,21,22)/t12-,13-,14-/m0/s1. The predicted octanol–water partition coefficient (Wildman–Crippen LogP) is -0.831. The number of hydrogen-bond acceptors (Lipinski definition) is 8. The number of carbonyl (C=O) groups is 3. The summed E-state index contributed by atoms with van der Waals surface area (Å²) in [4.78, 5) is 34.4. The molecule has 1 aliphatic heterocycles. The van der Waals surface area contributed by atoms with Gasteiger partial charge in [-0.2, -0.15) is 0 Å². The molecule has 0 spiro atoms. The Morgan fingerprint density at radius 3 is 2.46 bits per heavy atom. The van der Waals surface area contributed by atoms with Gasteiger partial charge in [0.05, 0.1) is 0 Å². The highest BCUT2D eigenvalue weighted by molar-refractivity contribution is 5.80. The fraction of sp³-hybridized carbons (Fsp3) is 0.471. The molecule has 0 aromatic heterocycles. The lowest BCUT2D eigenvalue weighted by molar-refractivity contribution is -0.148. The summed E-state index contributed by atoms with van der Waals surface area (Å²) in [7, 11) is 0. The Hall–Kier alpha value is -2.49. The van der Waals surface area contributed by atoms with E-state index in [1.807, 2.05) is 0 Å². The summed E-state index contributed by atoms with van der Waals surface area (Å²) >= 11 is 0. The highest BCUT2D eigenvalue weighted by Gasteiger charge is 2.25. The van der Waals surface area contributed by atoms with Gasteiger partial charge in [-0.05, 0) is 43.5 Å². The van der Waals surface area contributed by atoms with E-state index in [4.69, 9.17) is 26.0 Å². The Bertz CT molecular complexity index is 642. The van der Waals surface area contributed by atoms with E-state index < -0.39 is 30.0 Å². The maximum Gasteiger partial charge on any atom is 0.331 e. The topological polar surface area (TPSA) is 154 Å². The SMILES string of the molecule is N[C@@H](Cc1ccc(OC(=O)[C@@H](N)COC(=O)[C@@H]2CCCN2)cc1)C(=O)O. The third-order valence-electron chi connectivity index (χ3n) is 3.97. The second kappa shape index (κ2) is 9.27. The number of hydrogen-bond donors (Lipinski definition) is 4. The maximum absolute atomic E-state index is 11.9. The number of esters is 2. The molecule has 26 heavy (non-hydrogen) atoms. The summed E-state index contributed by atoms with van der Waals surface area (Å²) in [6.07, 6.45) is 1.77. The van der Waals surface area contributed by atoms with Gasteiger partial charge in [-0.15, -0.1) is 0 Å². The number of ether oxygens (including phenoxy) is 2.